The Labute approximate surface area is 205 Å². The normalized spacial score (nSPS) is 16.2. The molecule has 1 aromatic heterocycles. The monoisotopic (exact) mass is 469 g/mol. The van der Waals surface area contributed by atoms with E-state index in [0.717, 1.165) is 31.5 Å². The highest BCUT2D eigenvalue weighted by Crippen LogP contribution is 2.30. The van der Waals surface area contributed by atoms with Gasteiger partial charge in [0, 0.05) is 18.2 Å². The molecule has 1 N–H and O–H groups in total. The van der Waals surface area contributed by atoms with Crippen molar-refractivity contribution in [3.63, 3.8) is 0 Å². The van der Waals surface area contributed by atoms with Gasteiger partial charge in [-0.1, -0.05) is 65.8 Å². The summed E-state index contributed by atoms with van der Waals surface area (Å²) in [7, 11) is 0. The number of aliphatic hydroxyl groups excluding tert-OH is 1. The van der Waals surface area contributed by atoms with Crippen molar-refractivity contribution >= 4 is 22.9 Å². The first-order chi connectivity index (χ1) is 17.1. The minimum Gasteiger partial charge on any atom is -0.490 e. The summed E-state index contributed by atoms with van der Waals surface area (Å²) in [6.07, 6.45) is 5.30. The minimum absolute atomic E-state index is 0.245. The molecule has 0 spiro atoms. The average Bonchev–Trinajstić information content (AvgIpc) is 3.32. The number of hydrogen-bond donors (Lipinski definition) is 1. The van der Waals surface area contributed by atoms with Crippen LogP contribution in [-0.4, -0.2) is 52.5 Å². The molecule has 6 nitrogen and oxygen atoms in total. The lowest BCUT2D eigenvalue weighted by Gasteiger charge is -2.33. The molecule has 0 bridgehead atoms. The SMILES string of the molecule is Cc1noc(C=Cc2ccccc2OC[C@@H](O)CN2CCC(c3ccc4ccccc4c3)CC2)n1. The van der Waals surface area contributed by atoms with Crippen LogP contribution in [-0.2, 0) is 0 Å². The molecule has 1 saturated heterocycles. The second-order valence-electron chi connectivity index (χ2n) is 9.20. The quantitative estimate of drug-likeness (QED) is 0.377. The molecule has 180 valence electrons. The van der Waals surface area contributed by atoms with E-state index in [1.807, 2.05) is 30.3 Å². The summed E-state index contributed by atoms with van der Waals surface area (Å²) >= 11 is 0. The molecule has 1 aliphatic heterocycles. The standard InChI is InChI=1S/C29H31N3O3/c1-21-30-29(35-31-21)13-12-24-7-4-5-9-28(24)34-20-27(33)19-32-16-14-23(15-17-32)26-11-10-22-6-2-3-8-25(22)18-26/h2-13,18,23,27,33H,14-17,19-20H2,1H3/t27-/m0/s1. The van der Waals surface area contributed by atoms with Crippen LogP contribution in [0.2, 0.25) is 0 Å². The Kier molecular flexibility index (Phi) is 7.21. The van der Waals surface area contributed by atoms with Gasteiger partial charge in [0.1, 0.15) is 18.5 Å². The van der Waals surface area contributed by atoms with Gasteiger partial charge in [0.15, 0.2) is 5.82 Å². The second kappa shape index (κ2) is 10.8. The second-order valence-corrected chi connectivity index (χ2v) is 9.20. The zero-order valence-corrected chi connectivity index (χ0v) is 20.0. The predicted octanol–water partition coefficient (Wildman–Crippen LogP) is 5.32. The zero-order valence-electron chi connectivity index (χ0n) is 20.0. The molecule has 0 saturated carbocycles. The molecule has 1 fully saturated rings. The van der Waals surface area contributed by atoms with Crippen LogP contribution in [0.25, 0.3) is 22.9 Å². The number of aromatic nitrogens is 2. The maximum absolute atomic E-state index is 10.6. The van der Waals surface area contributed by atoms with Gasteiger partial charge in [-0.05, 0) is 67.3 Å². The van der Waals surface area contributed by atoms with Gasteiger partial charge in [-0.3, -0.25) is 0 Å². The third-order valence-electron chi connectivity index (χ3n) is 6.60. The Morgan fingerprint density at radius 2 is 1.80 bits per heavy atom. The van der Waals surface area contributed by atoms with Crippen LogP contribution in [0, 0.1) is 6.92 Å². The van der Waals surface area contributed by atoms with Crippen molar-refractivity contribution in [3.05, 3.63) is 89.6 Å². The number of likely N-dealkylation sites (tertiary alicyclic amines) is 1. The Bertz CT molecular complexity index is 1290. The summed E-state index contributed by atoms with van der Waals surface area (Å²) in [4.78, 5) is 6.52. The number of rotatable bonds is 8. The van der Waals surface area contributed by atoms with E-state index in [1.54, 1.807) is 13.0 Å². The van der Waals surface area contributed by atoms with Crippen LogP contribution in [0.5, 0.6) is 5.75 Å². The molecule has 0 unspecified atom stereocenters. The fourth-order valence-electron chi connectivity index (χ4n) is 4.74. The van der Waals surface area contributed by atoms with Gasteiger partial charge in [0.25, 0.3) is 5.89 Å². The molecule has 35 heavy (non-hydrogen) atoms. The van der Waals surface area contributed by atoms with Crippen molar-refractivity contribution < 1.29 is 14.4 Å². The van der Waals surface area contributed by atoms with Crippen molar-refractivity contribution in [2.75, 3.05) is 26.2 Å². The first kappa shape index (κ1) is 23.3. The predicted molar refractivity (Wildman–Crippen MR) is 138 cm³/mol. The third-order valence-corrected chi connectivity index (χ3v) is 6.60. The van der Waals surface area contributed by atoms with Crippen LogP contribution >= 0.6 is 0 Å². The van der Waals surface area contributed by atoms with Gasteiger partial charge in [-0.2, -0.15) is 4.98 Å². The molecule has 4 aromatic rings. The smallest absolute Gasteiger partial charge is 0.250 e. The van der Waals surface area contributed by atoms with E-state index in [0.29, 0.717) is 29.9 Å². The van der Waals surface area contributed by atoms with Crippen LogP contribution < -0.4 is 4.74 Å². The Hall–Kier alpha value is -3.48. The van der Waals surface area contributed by atoms with Crippen molar-refractivity contribution in [2.24, 2.45) is 0 Å². The number of benzene rings is 3. The number of aliphatic hydroxyl groups is 1. The van der Waals surface area contributed by atoms with E-state index in [-0.39, 0.29) is 6.61 Å². The molecule has 0 radical (unpaired) electrons. The number of para-hydroxylation sites is 1. The van der Waals surface area contributed by atoms with E-state index in [1.165, 1.54) is 16.3 Å². The van der Waals surface area contributed by atoms with Crippen LogP contribution in [0.4, 0.5) is 0 Å². The highest BCUT2D eigenvalue weighted by atomic mass is 16.5. The lowest BCUT2D eigenvalue weighted by atomic mass is 9.88. The lowest BCUT2D eigenvalue weighted by molar-refractivity contribution is 0.0594. The largest absolute Gasteiger partial charge is 0.490 e. The van der Waals surface area contributed by atoms with E-state index in [9.17, 15) is 5.11 Å². The molecule has 0 aliphatic carbocycles. The molecular formula is C29H31N3O3. The molecule has 2 heterocycles. The average molecular weight is 470 g/mol. The topological polar surface area (TPSA) is 71.6 Å². The van der Waals surface area contributed by atoms with E-state index < -0.39 is 6.10 Å². The third kappa shape index (κ3) is 5.96. The Morgan fingerprint density at radius 3 is 2.60 bits per heavy atom. The number of aryl methyl sites for hydroxylation is 1. The highest BCUT2D eigenvalue weighted by Gasteiger charge is 2.22. The molecule has 5 rings (SSSR count). The summed E-state index contributed by atoms with van der Waals surface area (Å²) in [5.74, 6) is 2.34. The van der Waals surface area contributed by atoms with Crippen LogP contribution in [0.1, 0.15) is 41.6 Å². The van der Waals surface area contributed by atoms with Gasteiger partial charge < -0.3 is 19.3 Å². The molecule has 0 amide bonds. The lowest BCUT2D eigenvalue weighted by Crippen LogP contribution is -2.40. The summed E-state index contributed by atoms with van der Waals surface area (Å²) in [6.45, 7) is 4.61. The zero-order chi connectivity index (χ0) is 24.0. The van der Waals surface area contributed by atoms with Gasteiger partial charge >= 0.3 is 0 Å². The number of fused-ring (bicyclic) bond motifs is 1. The highest BCUT2D eigenvalue weighted by molar-refractivity contribution is 5.83. The van der Waals surface area contributed by atoms with E-state index in [4.69, 9.17) is 9.26 Å². The van der Waals surface area contributed by atoms with Crippen LogP contribution in [0.15, 0.2) is 71.3 Å². The molecule has 6 heteroatoms. The number of piperidine rings is 1. The number of β-amino-alcohol motifs (C(OH)–C–C–N with tert-alkyl or cyclic N) is 1. The first-order valence-corrected chi connectivity index (χ1v) is 12.2. The summed E-state index contributed by atoms with van der Waals surface area (Å²) in [5.41, 5.74) is 2.32. The van der Waals surface area contributed by atoms with Gasteiger partial charge in [-0.15, -0.1) is 0 Å². The van der Waals surface area contributed by atoms with E-state index in [2.05, 4.69) is 57.5 Å². The first-order valence-electron chi connectivity index (χ1n) is 12.2. The molecule has 1 atom stereocenters. The van der Waals surface area contributed by atoms with Gasteiger partial charge in [-0.25, -0.2) is 0 Å². The van der Waals surface area contributed by atoms with Crippen LogP contribution in [0.3, 0.4) is 0 Å². The van der Waals surface area contributed by atoms with Gasteiger partial charge in [0.2, 0.25) is 0 Å². The Morgan fingerprint density at radius 1 is 1.03 bits per heavy atom. The van der Waals surface area contributed by atoms with Crippen molar-refractivity contribution in [2.45, 2.75) is 31.8 Å². The number of ether oxygens (including phenoxy) is 1. The summed E-state index contributed by atoms with van der Waals surface area (Å²) in [5, 5.41) is 17.0. The minimum atomic E-state index is -0.553. The fourth-order valence-corrected chi connectivity index (χ4v) is 4.74. The van der Waals surface area contributed by atoms with Crippen molar-refractivity contribution in [1.29, 1.82) is 0 Å². The summed E-state index contributed by atoms with van der Waals surface area (Å²) < 4.78 is 11.1. The van der Waals surface area contributed by atoms with Gasteiger partial charge in [0.05, 0.1) is 0 Å². The maximum atomic E-state index is 10.6. The molecular weight excluding hydrogens is 438 g/mol. The van der Waals surface area contributed by atoms with E-state index >= 15 is 0 Å². The molecule has 1 aliphatic rings. The van der Waals surface area contributed by atoms with Crippen molar-refractivity contribution in [1.82, 2.24) is 15.0 Å². The Balaban J connectivity index is 1.11. The van der Waals surface area contributed by atoms with Crippen molar-refractivity contribution in [3.8, 4) is 5.75 Å². The summed E-state index contributed by atoms with van der Waals surface area (Å²) in [6, 6.07) is 23.1. The molecule has 3 aromatic carbocycles. The number of nitrogens with zero attached hydrogens (tertiary/aromatic N) is 3. The maximum Gasteiger partial charge on any atom is 0.250 e. The fraction of sp³-hybridized carbons (Fsp3) is 0.310. The number of hydrogen-bond acceptors (Lipinski definition) is 6.